The van der Waals surface area contributed by atoms with E-state index in [0.717, 1.165) is 54.9 Å². The smallest absolute Gasteiger partial charge is 0.231 e. The number of hydrogen-bond acceptors (Lipinski definition) is 5. The van der Waals surface area contributed by atoms with Crippen molar-refractivity contribution in [2.24, 2.45) is 0 Å². The first-order chi connectivity index (χ1) is 15.1. The number of ether oxygens (including phenoxy) is 3. The van der Waals surface area contributed by atoms with Gasteiger partial charge in [0.05, 0.1) is 18.6 Å². The summed E-state index contributed by atoms with van der Waals surface area (Å²) in [7, 11) is 0. The zero-order valence-corrected chi connectivity index (χ0v) is 17.5. The fourth-order valence-corrected chi connectivity index (χ4v) is 5.84. The van der Waals surface area contributed by atoms with Gasteiger partial charge in [-0.3, -0.25) is 4.79 Å². The zero-order chi connectivity index (χ0) is 21.0. The summed E-state index contributed by atoms with van der Waals surface area (Å²) in [6.45, 7) is 0.994. The molecule has 6 rings (SSSR count). The van der Waals surface area contributed by atoms with Gasteiger partial charge in [-0.15, -0.1) is 0 Å². The molecule has 4 heterocycles. The molecule has 4 aliphatic rings. The Morgan fingerprint density at radius 1 is 1.00 bits per heavy atom. The highest BCUT2D eigenvalue weighted by Gasteiger charge is 2.50. The Morgan fingerprint density at radius 2 is 1.77 bits per heavy atom. The molecule has 2 aromatic carbocycles. The van der Waals surface area contributed by atoms with Crippen LogP contribution < -0.4 is 14.2 Å². The van der Waals surface area contributed by atoms with Gasteiger partial charge in [-0.1, -0.05) is 18.2 Å². The summed E-state index contributed by atoms with van der Waals surface area (Å²) in [5, 5.41) is 11.5. The molecule has 162 valence electrons. The van der Waals surface area contributed by atoms with Crippen molar-refractivity contribution in [3.63, 3.8) is 0 Å². The molecule has 6 heteroatoms. The number of benzene rings is 2. The normalized spacial score (nSPS) is 28.2. The maximum Gasteiger partial charge on any atom is 0.231 e. The van der Waals surface area contributed by atoms with Crippen LogP contribution in [0.1, 0.15) is 48.8 Å². The molecule has 2 bridgehead atoms. The molecule has 1 amide bonds. The van der Waals surface area contributed by atoms with Crippen LogP contribution in [0.4, 0.5) is 0 Å². The van der Waals surface area contributed by atoms with Gasteiger partial charge in [-0.05, 0) is 60.6 Å². The highest BCUT2D eigenvalue weighted by atomic mass is 16.7. The molecule has 6 nitrogen and oxygen atoms in total. The lowest BCUT2D eigenvalue weighted by Crippen LogP contribution is -2.52. The van der Waals surface area contributed by atoms with Crippen molar-refractivity contribution in [3.8, 4) is 17.2 Å². The van der Waals surface area contributed by atoms with E-state index in [-0.39, 0.29) is 24.8 Å². The lowest BCUT2D eigenvalue weighted by Gasteiger charge is -2.44. The van der Waals surface area contributed by atoms with E-state index in [4.69, 9.17) is 14.2 Å². The molecule has 2 unspecified atom stereocenters. The maximum absolute atomic E-state index is 13.3. The monoisotopic (exact) mass is 421 g/mol. The Balaban J connectivity index is 1.19. The molecule has 1 N–H and O–H groups in total. The largest absolute Gasteiger partial charge is 0.493 e. The number of hydrogen-bond donors (Lipinski definition) is 1. The van der Waals surface area contributed by atoms with Crippen LogP contribution in [0.2, 0.25) is 0 Å². The average Bonchev–Trinajstić information content (AvgIpc) is 3.36. The number of fused-ring (bicyclic) bond motifs is 4. The summed E-state index contributed by atoms with van der Waals surface area (Å²) in [5.41, 5.74) is 2.17. The van der Waals surface area contributed by atoms with Crippen LogP contribution in [0.25, 0.3) is 0 Å². The quantitative estimate of drug-likeness (QED) is 0.824. The van der Waals surface area contributed by atoms with Crippen molar-refractivity contribution < 1.29 is 24.1 Å². The number of carbonyl (C=O) groups is 1. The first-order valence-electron chi connectivity index (χ1n) is 11.3. The van der Waals surface area contributed by atoms with Gasteiger partial charge >= 0.3 is 0 Å². The molecule has 0 spiro atoms. The number of aliphatic hydroxyl groups is 1. The molecule has 31 heavy (non-hydrogen) atoms. The molecule has 4 aliphatic heterocycles. The predicted molar refractivity (Wildman–Crippen MR) is 113 cm³/mol. The Kier molecular flexibility index (Phi) is 4.39. The SMILES string of the molecule is O=C(Cc1ccc2c(c1)CCCO2)N1C2CCC1CC(O)(c1ccc3c(c1)OCO3)C2. The van der Waals surface area contributed by atoms with Crippen LogP contribution in [0.15, 0.2) is 36.4 Å². The molecular formula is C25H27NO5. The molecule has 0 aromatic heterocycles. The van der Waals surface area contributed by atoms with E-state index in [2.05, 4.69) is 11.0 Å². The molecule has 2 atom stereocenters. The van der Waals surface area contributed by atoms with Crippen LogP contribution in [0.3, 0.4) is 0 Å². The summed E-state index contributed by atoms with van der Waals surface area (Å²) in [5.74, 6) is 2.53. The number of nitrogens with zero attached hydrogens (tertiary/aromatic N) is 1. The van der Waals surface area contributed by atoms with Crippen LogP contribution >= 0.6 is 0 Å². The minimum Gasteiger partial charge on any atom is -0.493 e. The fraction of sp³-hybridized carbons (Fsp3) is 0.480. The van der Waals surface area contributed by atoms with Crippen LogP contribution in [0.5, 0.6) is 17.2 Å². The van der Waals surface area contributed by atoms with E-state index in [1.807, 2.05) is 30.3 Å². The lowest BCUT2D eigenvalue weighted by atomic mass is 9.80. The van der Waals surface area contributed by atoms with Gasteiger partial charge in [0.2, 0.25) is 12.7 Å². The van der Waals surface area contributed by atoms with Crippen LogP contribution in [-0.4, -0.2) is 41.4 Å². The van der Waals surface area contributed by atoms with Gasteiger partial charge in [0.1, 0.15) is 5.75 Å². The number of rotatable bonds is 3. The maximum atomic E-state index is 13.3. The molecule has 2 saturated heterocycles. The summed E-state index contributed by atoms with van der Waals surface area (Å²) < 4.78 is 16.6. The summed E-state index contributed by atoms with van der Waals surface area (Å²) in [6, 6.07) is 12.0. The third-order valence-electron chi connectivity index (χ3n) is 7.29. The van der Waals surface area contributed by atoms with Crippen molar-refractivity contribution in [2.45, 2.75) is 62.6 Å². The predicted octanol–water partition coefficient (Wildman–Crippen LogP) is 3.32. The number of amides is 1. The van der Waals surface area contributed by atoms with E-state index in [9.17, 15) is 9.90 Å². The topological polar surface area (TPSA) is 68.2 Å². The minimum atomic E-state index is -0.938. The molecule has 2 aromatic rings. The number of carbonyl (C=O) groups excluding carboxylic acids is 1. The van der Waals surface area contributed by atoms with Gasteiger partial charge in [-0.25, -0.2) is 0 Å². The highest BCUT2D eigenvalue weighted by molar-refractivity contribution is 5.80. The standard InChI is InChI=1S/C25H27NO5/c27-24(11-16-3-7-21-17(10-16)2-1-9-29-21)26-19-5-6-20(26)14-25(28,13-19)18-4-8-22-23(12-18)31-15-30-22/h3-4,7-8,10,12,19-20,28H,1-2,5-6,9,11,13-15H2. The fourth-order valence-electron chi connectivity index (χ4n) is 5.84. The second-order valence-corrected chi connectivity index (χ2v) is 9.26. The average molecular weight is 421 g/mol. The first kappa shape index (κ1) is 19.0. The third kappa shape index (κ3) is 3.24. The van der Waals surface area contributed by atoms with Gasteiger partial charge in [0.15, 0.2) is 11.5 Å². The van der Waals surface area contributed by atoms with Crippen molar-refractivity contribution >= 4 is 5.91 Å². The Hall–Kier alpha value is -2.73. The van der Waals surface area contributed by atoms with Crippen LogP contribution in [-0.2, 0) is 23.2 Å². The van der Waals surface area contributed by atoms with E-state index in [0.29, 0.717) is 25.0 Å². The second-order valence-electron chi connectivity index (χ2n) is 9.26. The van der Waals surface area contributed by atoms with Gasteiger partial charge < -0.3 is 24.2 Å². The van der Waals surface area contributed by atoms with Gasteiger partial charge in [-0.2, -0.15) is 0 Å². The molecule has 0 radical (unpaired) electrons. The number of piperidine rings is 1. The Bertz CT molecular complexity index is 1020. The molecular weight excluding hydrogens is 394 g/mol. The minimum absolute atomic E-state index is 0.0719. The van der Waals surface area contributed by atoms with E-state index >= 15 is 0 Å². The Morgan fingerprint density at radius 3 is 2.61 bits per heavy atom. The Labute approximate surface area is 181 Å². The van der Waals surface area contributed by atoms with E-state index in [1.165, 1.54) is 5.56 Å². The van der Waals surface area contributed by atoms with Gasteiger partial charge in [0.25, 0.3) is 0 Å². The lowest BCUT2D eigenvalue weighted by molar-refractivity contribution is -0.141. The van der Waals surface area contributed by atoms with Crippen molar-refractivity contribution in [3.05, 3.63) is 53.1 Å². The van der Waals surface area contributed by atoms with Crippen LogP contribution in [0, 0.1) is 0 Å². The van der Waals surface area contributed by atoms with E-state index < -0.39 is 5.60 Å². The second kappa shape index (κ2) is 7.16. The molecule has 2 fully saturated rings. The van der Waals surface area contributed by atoms with Crippen molar-refractivity contribution in [1.29, 1.82) is 0 Å². The zero-order valence-electron chi connectivity index (χ0n) is 17.5. The van der Waals surface area contributed by atoms with Gasteiger partial charge in [0, 0.05) is 24.9 Å². The molecule has 0 saturated carbocycles. The summed E-state index contributed by atoms with van der Waals surface area (Å²) in [6.07, 6.45) is 5.46. The molecule has 0 aliphatic carbocycles. The summed E-state index contributed by atoms with van der Waals surface area (Å²) >= 11 is 0. The van der Waals surface area contributed by atoms with Crippen molar-refractivity contribution in [1.82, 2.24) is 4.90 Å². The summed E-state index contributed by atoms with van der Waals surface area (Å²) in [4.78, 5) is 15.3. The first-order valence-corrected chi connectivity index (χ1v) is 11.3. The van der Waals surface area contributed by atoms with E-state index in [1.54, 1.807) is 0 Å². The number of aryl methyl sites for hydroxylation is 1. The third-order valence-corrected chi connectivity index (χ3v) is 7.29. The van der Waals surface area contributed by atoms with Crippen molar-refractivity contribution in [2.75, 3.05) is 13.4 Å². The highest BCUT2D eigenvalue weighted by Crippen LogP contribution is 2.47.